The van der Waals surface area contributed by atoms with Gasteiger partial charge in [0.2, 0.25) is 5.91 Å². The van der Waals surface area contributed by atoms with Crippen molar-refractivity contribution < 1.29 is 4.79 Å². The number of nitrogens with zero attached hydrogens (tertiary/aromatic N) is 4. The molecule has 3 aromatic rings. The second-order valence-corrected chi connectivity index (χ2v) is 6.83. The lowest BCUT2D eigenvalue weighted by atomic mass is 10.1. The first-order valence-corrected chi connectivity index (χ1v) is 9.46. The summed E-state index contributed by atoms with van der Waals surface area (Å²) in [6.45, 7) is 3.36. The minimum Gasteiger partial charge on any atom is -0.368 e. The van der Waals surface area contributed by atoms with Gasteiger partial charge in [-0.15, -0.1) is 0 Å². The number of aromatic nitrogens is 2. The molecule has 1 aliphatic rings. The molecule has 4 rings (SSSR count). The highest BCUT2D eigenvalue weighted by molar-refractivity contribution is 5.76. The quantitative estimate of drug-likeness (QED) is 0.702. The first-order valence-electron chi connectivity index (χ1n) is 9.46. The summed E-state index contributed by atoms with van der Waals surface area (Å²) < 4.78 is 1.86. The number of hydrogen-bond acceptors (Lipinski definition) is 3. The van der Waals surface area contributed by atoms with Crippen molar-refractivity contribution in [3.05, 3.63) is 78.6 Å². The zero-order chi connectivity index (χ0) is 18.5. The lowest BCUT2D eigenvalue weighted by Gasteiger charge is -2.36. The summed E-state index contributed by atoms with van der Waals surface area (Å²) >= 11 is 0. The third-order valence-electron chi connectivity index (χ3n) is 5.04. The van der Waals surface area contributed by atoms with E-state index in [0.29, 0.717) is 6.42 Å². The predicted octanol–water partition coefficient (Wildman–Crippen LogP) is 3.15. The van der Waals surface area contributed by atoms with Gasteiger partial charge in [0.05, 0.1) is 11.9 Å². The smallest absolute Gasteiger partial charge is 0.223 e. The van der Waals surface area contributed by atoms with Gasteiger partial charge in [0.1, 0.15) is 0 Å². The van der Waals surface area contributed by atoms with Crippen molar-refractivity contribution in [3.63, 3.8) is 0 Å². The van der Waals surface area contributed by atoms with Gasteiger partial charge in [-0.05, 0) is 36.2 Å². The highest BCUT2D eigenvalue weighted by Crippen LogP contribution is 2.16. The Bertz CT molecular complexity index is 868. The topological polar surface area (TPSA) is 41.4 Å². The van der Waals surface area contributed by atoms with Crippen molar-refractivity contribution >= 4 is 11.6 Å². The van der Waals surface area contributed by atoms with Gasteiger partial charge in [0.15, 0.2) is 0 Å². The van der Waals surface area contributed by atoms with Crippen molar-refractivity contribution in [2.45, 2.75) is 12.8 Å². The number of rotatable bonds is 5. The largest absolute Gasteiger partial charge is 0.368 e. The van der Waals surface area contributed by atoms with E-state index >= 15 is 0 Å². The lowest BCUT2D eigenvalue weighted by Crippen LogP contribution is -2.48. The van der Waals surface area contributed by atoms with Crippen LogP contribution in [0, 0.1) is 0 Å². The Labute approximate surface area is 159 Å². The molecular weight excluding hydrogens is 336 g/mol. The van der Waals surface area contributed by atoms with Crippen LogP contribution in [0.2, 0.25) is 0 Å². The molecule has 0 radical (unpaired) electrons. The summed E-state index contributed by atoms with van der Waals surface area (Å²) in [7, 11) is 0. The van der Waals surface area contributed by atoms with Crippen LogP contribution in [-0.2, 0) is 11.2 Å². The number of hydrogen-bond donors (Lipinski definition) is 0. The Morgan fingerprint density at radius 2 is 1.48 bits per heavy atom. The maximum Gasteiger partial charge on any atom is 0.223 e. The van der Waals surface area contributed by atoms with Crippen LogP contribution in [0.4, 0.5) is 5.69 Å². The van der Waals surface area contributed by atoms with Crippen LogP contribution in [0.3, 0.4) is 0 Å². The number of amides is 1. The van der Waals surface area contributed by atoms with E-state index in [4.69, 9.17) is 0 Å². The first kappa shape index (κ1) is 17.3. The molecule has 0 N–H and O–H groups in total. The molecule has 27 heavy (non-hydrogen) atoms. The Balaban J connectivity index is 1.27. The average molecular weight is 360 g/mol. The molecule has 2 heterocycles. The van der Waals surface area contributed by atoms with Gasteiger partial charge >= 0.3 is 0 Å². The molecular formula is C22H24N4O. The van der Waals surface area contributed by atoms with Crippen molar-refractivity contribution in [2.24, 2.45) is 0 Å². The van der Waals surface area contributed by atoms with Crippen molar-refractivity contribution in [3.8, 4) is 5.69 Å². The zero-order valence-electron chi connectivity index (χ0n) is 15.4. The molecule has 0 atom stereocenters. The van der Waals surface area contributed by atoms with E-state index in [1.165, 1.54) is 5.69 Å². The normalized spacial score (nSPS) is 14.4. The fourth-order valence-corrected chi connectivity index (χ4v) is 3.47. The SMILES string of the molecule is O=C(CCc1cnn(-c2ccccc2)c1)N1CCN(c2ccccc2)CC1. The summed E-state index contributed by atoms with van der Waals surface area (Å²) in [5.74, 6) is 0.232. The van der Waals surface area contributed by atoms with Crippen LogP contribution in [0.5, 0.6) is 0 Å². The molecule has 0 unspecified atom stereocenters. The van der Waals surface area contributed by atoms with Crippen LogP contribution < -0.4 is 4.90 Å². The molecule has 138 valence electrons. The Kier molecular flexibility index (Phi) is 5.19. The molecule has 1 saturated heterocycles. The number of benzene rings is 2. The number of para-hydroxylation sites is 2. The van der Waals surface area contributed by atoms with Crippen LogP contribution in [-0.4, -0.2) is 46.8 Å². The first-order chi connectivity index (χ1) is 13.3. The van der Waals surface area contributed by atoms with Gasteiger partial charge in [0.25, 0.3) is 0 Å². The minimum absolute atomic E-state index is 0.232. The Morgan fingerprint density at radius 1 is 0.852 bits per heavy atom. The van der Waals surface area contributed by atoms with E-state index in [1.807, 2.05) is 58.4 Å². The molecule has 0 saturated carbocycles. The molecule has 1 amide bonds. The standard InChI is InChI=1S/C22H24N4O/c27-22(25-15-13-24(14-16-25)20-7-3-1-4-8-20)12-11-19-17-23-26(18-19)21-9-5-2-6-10-21/h1-10,17-18H,11-16H2. The number of carbonyl (C=O) groups excluding carboxylic acids is 1. The third kappa shape index (κ3) is 4.19. The average Bonchev–Trinajstić information content (AvgIpc) is 3.22. The van der Waals surface area contributed by atoms with Crippen molar-refractivity contribution in [2.75, 3.05) is 31.1 Å². The maximum absolute atomic E-state index is 12.6. The number of anilines is 1. The molecule has 1 aromatic heterocycles. The van der Waals surface area contributed by atoms with Gasteiger partial charge in [-0.1, -0.05) is 36.4 Å². The molecule has 2 aromatic carbocycles. The van der Waals surface area contributed by atoms with E-state index in [-0.39, 0.29) is 5.91 Å². The van der Waals surface area contributed by atoms with Crippen molar-refractivity contribution in [1.29, 1.82) is 0 Å². The maximum atomic E-state index is 12.6. The van der Waals surface area contributed by atoms with Gasteiger partial charge in [-0.25, -0.2) is 4.68 Å². The third-order valence-corrected chi connectivity index (χ3v) is 5.04. The van der Waals surface area contributed by atoms with Crippen LogP contribution >= 0.6 is 0 Å². The van der Waals surface area contributed by atoms with Gasteiger partial charge in [-0.3, -0.25) is 4.79 Å². The number of piperazine rings is 1. The van der Waals surface area contributed by atoms with E-state index in [1.54, 1.807) is 0 Å². The molecule has 0 aliphatic carbocycles. The zero-order valence-corrected chi connectivity index (χ0v) is 15.4. The van der Waals surface area contributed by atoms with E-state index < -0.39 is 0 Å². The summed E-state index contributed by atoms with van der Waals surface area (Å²) in [5, 5.41) is 4.41. The van der Waals surface area contributed by atoms with Crippen LogP contribution in [0.15, 0.2) is 73.1 Å². The molecule has 5 heteroatoms. The molecule has 5 nitrogen and oxygen atoms in total. The fraction of sp³-hybridized carbons (Fsp3) is 0.273. The number of aryl methyl sites for hydroxylation is 1. The summed E-state index contributed by atoms with van der Waals surface area (Å²) in [6, 6.07) is 20.4. The predicted molar refractivity (Wildman–Crippen MR) is 107 cm³/mol. The highest BCUT2D eigenvalue weighted by atomic mass is 16.2. The molecule has 0 spiro atoms. The van der Waals surface area contributed by atoms with E-state index in [2.05, 4.69) is 34.3 Å². The van der Waals surface area contributed by atoms with Crippen LogP contribution in [0.1, 0.15) is 12.0 Å². The number of carbonyl (C=O) groups is 1. The molecule has 0 bridgehead atoms. The summed E-state index contributed by atoms with van der Waals surface area (Å²) in [6.07, 6.45) is 5.12. The fourth-order valence-electron chi connectivity index (χ4n) is 3.47. The summed E-state index contributed by atoms with van der Waals surface area (Å²) in [4.78, 5) is 16.9. The Hall–Kier alpha value is -3.08. The monoisotopic (exact) mass is 360 g/mol. The highest BCUT2D eigenvalue weighted by Gasteiger charge is 2.21. The molecule has 1 aliphatic heterocycles. The second-order valence-electron chi connectivity index (χ2n) is 6.83. The van der Waals surface area contributed by atoms with E-state index in [0.717, 1.165) is 43.9 Å². The lowest BCUT2D eigenvalue weighted by molar-refractivity contribution is -0.131. The molecule has 1 fully saturated rings. The van der Waals surface area contributed by atoms with E-state index in [9.17, 15) is 4.79 Å². The van der Waals surface area contributed by atoms with Crippen LogP contribution in [0.25, 0.3) is 5.69 Å². The van der Waals surface area contributed by atoms with Crippen molar-refractivity contribution in [1.82, 2.24) is 14.7 Å². The Morgan fingerprint density at radius 3 is 2.15 bits per heavy atom. The van der Waals surface area contributed by atoms with Gasteiger partial charge in [0, 0.05) is 44.5 Å². The summed E-state index contributed by atoms with van der Waals surface area (Å²) in [5.41, 5.74) is 3.36. The van der Waals surface area contributed by atoms with Gasteiger partial charge in [-0.2, -0.15) is 5.10 Å². The van der Waals surface area contributed by atoms with Gasteiger partial charge < -0.3 is 9.80 Å². The minimum atomic E-state index is 0.232. The second kappa shape index (κ2) is 8.08.